The highest BCUT2D eigenvalue weighted by atomic mass is 32.2. The quantitative estimate of drug-likeness (QED) is 0.747. The summed E-state index contributed by atoms with van der Waals surface area (Å²) < 4.78 is 37.8. The van der Waals surface area contributed by atoms with E-state index in [1.807, 2.05) is 0 Å². The molecule has 0 saturated carbocycles. The van der Waals surface area contributed by atoms with Crippen LogP contribution in [0.25, 0.3) is 0 Å². The summed E-state index contributed by atoms with van der Waals surface area (Å²) in [5.74, 6) is 1.99. The lowest BCUT2D eigenvalue weighted by molar-refractivity contribution is 0.354. The van der Waals surface area contributed by atoms with Gasteiger partial charge in [-0.3, -0.25) is 4.72 Å². The highest BCUT2D eigenvalue weighted by Crippen LogP contribution is 2.30. The van der Waals surface area contributed by atoms with Gasteiger partial charge >= 0.3 is 0 Å². The van der Waals surface area contributed by atoms with Crippen LogP contribution in [0.15, 0.2) is 41.4 Å². The van der Waals surface area contributed by atoms with E-state index in [-0.39, 0.29) is 4.90 Å². The first-order chi connectivity index (χ1) is 11.9. The molecule has 2 aromatic rings. The van der Waals surface area contributed by atoms with Gasteiger partial charge in [-0.25, -0.2) is 13.4 Å². The first kappa shape index (κ1) is 18.9. The van der Waals surface area contributed by atoms with Gasteiger partial charge in [0, 0.05) is 12.6 Å². The molecular formula is C17H23N3O4S. The number of methoxy groups -OCH3 is 2. The van der Waals surface area contributed by atoms with Crippen molar-refractivity contribution in [3.05, 3.63) is 36.5 Å². The molecule has 2 rings (SSSR count). The van der Waals surface area contributed by atoms with E-state index in [1.54, 1.807) is 18.2 Å². The largest absolute Gasteiger partial charge is 0.493 e. The van der Waals surface area contributed by atoms with Crippen molar-refractivity contribution in [1.29, 1.82) is 0 Å². The van der Waals surface area contributed by atoms with Crippen LogP contribution in [-0.4, -0.2) is 34.2 Å². The van der Waals surface area contributed by atoms with Crippen molar-refractivity contribution in [3.63, 3.8) is 0 Å². The van der Waals surface area contributed by atoms with Crippen LogP contribution >= 0.6 is 0 Å². The Morgan fingerprint density at radius 1 is 1.08 bits per heavy atom. The lowest BCUT2D eigenvalue weighted by Gasteiger charge is -2.12. The molecular weight excluding hydrogens is 342 g/mol. The Morgan fingerprint density at radius 3 is 2.36 bits per heavy atom. The van der Waals surface area contributed by atoms with Crippen molar-refractivity contribution in [2.45, 2.75) is 18.7 Å². The Morgan fingerprint density at radius 2 is 1.80 bits per heavy atom. The molecule has 0 bridgehead atoms. The third-order valence-electron chi connectivity index (χ3n) is 3.37. The molecule has 0 aliphatic heterocycles. The van der Waals surface area contributed by atoms with Gasteiger partial charge in [0.1, 0.15) is 5.82 Å². The summed E-state index contributed by atoms with van der Waals surface area (Å²) in [7, 11) is -0.812. The summed E-state index contributed by atoms with van der Waals surface area (Å²) in [4.78, 5) is 4.28. The average Bonchev–Trinajstić information content (AvgIpc) is 2.60. The van der Waals surface area contributed by atoms with E-state index in [0.29, 0.717) is 28.9 Å². The summed E-state index contributed by atoms with van der Waals surface area (Å²) in [6.07, 6.45) is 1.47. The van der Waals surface area contributed by atoms with E-state index in [4.69, 9.17) is 9.47 Å². The third-order valence-corrected chi connectivity index (χ3v) is 4.75. The number of hydrogen-bond donors (Lipinski definition) is 2. The zero-order chi connectivity index (χ0) is 18.4. The minimum Gasteiger partial charge on any atom is -0.493 e. The minimum atomic E-state index is -3.76. The zero-order valence-electron chi connectivity index (χ0n) is 14.7. The minimum absolute atomic E-state index is 0.0761. The Hall–Kier alpha value is -2.48. The van der Waals surface area contributed by atoms with Crippen LogP contribution in [0.5, 0.6) is 11.5 Å². The van der Waals surface area contributed by atoms with Gasteiger partial charge in [0.2, 0.25) is 0 Å². The SMILES string of the molecule is COc1ccc(S(=O)(=O)Nc2ccc(NCC(C)C)nc2)cc1OC. The molecule has 1 heterocycles. The predicted octanol–water partition coefficient (Wildman–Crippen LogP) is 2.97. The molecule has 0 amide bonds. The number of anilines is 2. The number of aromatic nitrogens is 1. The molecule has 0 aliphatic rings. The van der Waals surface area contributed by atoms with Gasteiger partial charge in [0.05, 0.1) is 31.0 Å². The topological polar surface area (TPSA) is 89.6 Å². The summed E-state index contributed by atoms with van der Waals surface area (Å²) in [5, 5.41) is 3.17. The molecule has 8 heteroatoms. The average molecular weight is 365 g/mol. The van der Waals surface area contributed by atoms with E-state index in [2.05, 4.69) is 28.9 Å². The second-order valence-electron chi connectivity index (χ2n) is 5.83. The number of hydrogen-bond acceptors (Lipinski definition) is 6. The van der Waals surface area contributed by atoms with Gasteiger partial charge in [-0.15, -0.1) is 0 Å². The summed E-state index contributed by atoms with van der Waals surface area (Å²) in [6, 6.07) is 7.80. The fraction of sp³-hybridized carbons (Fsp3) is 0.353. The third kappa shape index (κ3) is 4.99. The number of nitrogens with one attached hydrogen (secondary N) is 2. The van der Waals surface area contributed by atoms with Crippen LogP contribution in [0.4, 0.5) is 11.5 Å². The monoisotopic (exact) mass is 365 g/mol. The molecule has 1 aromatic carbocycles. The van der Waals surface area contributed by atoms with Crippen molar-refractivity contribution in [2.24, 2.45) is 5.92 Å². The van der Waals surface area contributed by atoms with E-state index < -0.39 is 10.0 Å². The second kappa shape index (κ2) is 8.06. The van der Waals surface area contributed by atoms with Crippen molar-refractivity contribution >= 4 is 21.5 Å². The Balaban J connectivity index is 2.15. The smallest absolute Gasteiger partial charge is 0.262 e. The standard InChI is InChI=1S/C17H23N3O4S/c1-12(2)10-18-17-8-5-13(11-19-17)20-25(21,22)14-6-7-15(23-3)16(9-14)24-4/h5-9,11-12,20H,10H2,1-4H3,(H,18,19). The molecule has 25 heavy (non-hydrogen) atoms. The van der Waals surface area contributed by atoms with E-state index in [1.165, 1.54) is 32.5 Å². The highest BCUT2D eigenvalue weighted by Gasteiger charge is 2.17. The van der Waals surface area contributed by atoms with E-state index in [0.717, 1.165) is 6.54 Å². The maximum absolute atomic E-state index is 12.5. The summed E-state index contributed by atoms with van der Waals surface area (Å²) in [5.41, 5.74) is 0.380. The molecule has 0 fully saturated rings. The molecule has 7 nitrogen and oxygen atoms in total. The Labute approximate surface area is 148 Å². The van der Waals surface area contributed by atoms with Gasteiger partial charge in [0.25, 0.3) is 10.0 Å². The first-order valence-corrected chi connectivity index (χ1v) is 9.29. The van der Waals surface area contributed by atoms with Crippen molar-refractivity contribution in [1.82, 2.24) is 4.98 Å². The van der Waals surface area contributed by atoms with Gasteiger partial charge in [-0.2, -0.15) is 0 Å². The van der Waals surface area contributed by atoms with Crippen LogP contribution in [0.3, 0.4) is 0 Å². The van der Waals surface area contributed by atoms with Crippen LogP contribution in [0.1, 0.15) is 13.8 Å². The van der Waals surface area contributed by atoms with Crippen molar-refractivity contribution in [2.75, 3.05) is 30.8 Å². The normalized spacial score (nSPS) is 11.2. The molecule has 0 unspecified atom stereocenters. The lowest BCUT2D eigenvalue weighted by atomic mass is 10.2. The summed E-state index contributed by atoms with van der Waals surface area (Å²) >= 11 is 0. The maximum Gasteiger partial charge on any atom is 0.262 e. The lowest BCUT2D eigenvalue weighted by Crippen LogP contribution is -2.14. The fourth-order valence-corrected chi connectivity index (χ4v) is 3.12. The molecule has 0 saturated heterocycles. The first-order valence-electron chi connectivity index (χ1n) is 7.80. The Kier molecular flexibility index (Phi) is 6.08. The van der Waals surface area contributed by atoms with Crippen LogP contribution in [0, 0.1) is 5.92 Å². The number of benzene rings is 1. The highest BCUT2D eigenvalue weighted by molar-refractivity contribution is 7.92. The molecule has 0 aliphatic carbocycles. The maximum atomic E-state index is 12.5. The number of ether oxygens (including phenoxy) is 2. The fourth-order valence-electron chi connectivity index (χ4n) is 2.07. The number of sulfonamides is 1. The molecule has 136 valence electrons. The Bertz CT molecular complexity index is 805. The number of pyridine rings is 1. The zero-order valence-corrected chi connectivity index (χ0v) is 15.6. The van der Waals surface area contributed by atoms with E-state index >= 15 is 0 Å². The van der Waals surface area contributed by atoms with Crippen molar-refractivity contribution in [3.8, 4) is 11.5 Å². The second-order valence-corrected chi connectivity index (χ2v) is 7.51. The van der Waals surface area contributed by atoms with E-state index in [9.17, 15) is 8.42 Å². The molecule has 0 atom stereocenters. The van der Waals surface area contributed by atoms with Gasteiger partial charge in [-0.1, -0.05) is 13.8 Å². The van der Waals surface area contributed by atoms with Gasteiger partial charge in [-0.05, 0) is 30.2 Å². The number of rotatable bonds is 8. The van der Waals surface area contributed by atoms with Gasteiger partial charge < -0.3 is 14.8 Å². The molecule has 0 spiro atoms. The van der Waals surface area contributed by atoms with Crippen LogP contribution in [0.2, 0.25) is 0 Å². The number of nitrogens with zero attached hydrogens (tertiary/aromatic N) is 1. The van der Waals surface area contributed by atoms with Crippen LogP contribution in [-0.2, 0) is 10.0 Å². The van der Waals surface area contributed by atoms with Crippen LogP contribution < -0.4 is 19.5 Å². The van der Waals surface area contributed by atoms with Crippen molar-refractivity contribution < 1.29 is 17.9 Å². The summed E-state index contributed by atoms with van der Waals surface area (Å²) in [6.45, 7) is 4.99. The predicted molar refractivity (Wildman–Crippen MR) is 97.9 cm³/mol. The molecule has 1 aromatic heterocycles. The van der Waals surface area contributed by atoms with Gasteiger partial charge in [0.15, 0.2) is 11.5 Å². The molecule has 0 radical (unpaired) electrons. The molecule has 2 N–H and O–H groups in total.